The summed E-state index contributed by atoms with van der Waals surface area (Å²) in [6.45, 7) is 0.0808. The molecular formula is C22H22Cl2N2O5. The van der Waals surface area contributed by atoms with E-state index in [2.05, 4.69) is 0 Å². The van der Waals surface area contributed by atoms with E-state index in [-0.39, 0.29) is 24.8 Å². The Bertz CT molecular complexity index is 998. The van der Waals surface area contributed by atoms with E-state index in [1.165, 1.54) is 9.80 Å². The molecule has 0 spiro atoms. The van der Waals surface area contributed by atoms with Gasteiger partial charge < -0.3 is 19.3 Å². The minimum atomic E-state index is -0.633. The van der Waals surface area contributed by atoms with Crippen LogP contribution in [0.15, 0.2) is 42.5 Å². The molecule has 1 saturated heterocycles. The van der Waals surface area contributed by atoms with Gasteiger partial charge in [-0.05, 0) is 29.8 Å². The first-order valence-electron chi connectivity index (χ1n) is 9.57. The number of benzene rings is 2. The minimum absolute atomic E-state index is 0.0311. The van der Waals surface area contributed by atoms with Crippen LogP contribution in [0, 0.1) is 5.92 Å². The fourth-order valence-corrected chi connectivity index (χ4v) is 3.58. The first-order valence-corrected chi connectivity index (χ1v) is 10.3. The summed E-state index contributed by atoms with van der Waals surface area (Å²) >= 11 is 11.9. The minimum Gasteiger partial charge on any atom is -0.497 e. The summed E-state index contributed by atoms with van der Waals surface area (Å²) in [6, 6.07) is 12.1. The lowest BCUT2D eigenvalue weighted by molar-refractivity contribution is -0.155. The van der Waals surface area contributed by atoms with Gasteiger partial charge >= 0.3 is 5.97 Å². The van der Waals surface area contributed by atoms with E-state index in [0.717, 1.165) is 5.56 Å². The molecular weight excluding hydrogens is 443 g/mol. The zero-order valence-corrected chi connectivity index (χ0v) is 18.7. The molecule has 2 aromatic rings. The highest BCUT2D eigenvalue weighted by atomic mass is 35.5. The number of carbonyl (C=O) groups excluding carboxylic acids is 3. The standard InChI is InChI=1S/C22H22Cl2N2O5/c1-25(11-14-6-7-18(23)19(24)8-14)21(28)13-31-22(29)15-9-20(27)26(12-15)16-4-3-5-17(10-16)30-2/h3-8,10,15H,9,11-13H2,1-2H3. The van der Waals surface area contributed by atoms with Crippen LogP contribution in [0.2, 0.25) is 10.0 Å². The molecule has 0 radical (unpaired) electrons. The Hall–Kier alpha value is -2.77. The lowest BCUT2D eigenvalue weighted by Gasteiger charge is -2.19. The number of likely N-dealkylation sites (N-methyl/N-ethyl adjacent to an activating group) is 1. The molecule has 1 aliphatic rings. The summed E-state index contributed by atoms with van der Waals surface area (Å²) in [6.07, 6.45) is 0.0311. The molecule has 1 fully saturated rings. The number of amides is 2. The first-order chi connectivity index (χ1) is 14.8. The van der Waals surface area contributed by atoms with Crippen LogP contribution in [0.1, 0.15) is 12.0 Å². The highest BCUT2D eigenvalue weighted by Gasteiger charge is 2.36. The highest BCUT2D eigenvalue weighted by Crippen LogP contribution is 2.28. The molecule has 0 aliphatic carbocycles. The second-order valence-corrected chi connectivity index (χ2v) is 8.03. The van der Waals surface area contributed by atoms with E-state index in [1.54, 1.807) is 56.6 Å². The van der Waals surface area contributed by atoms with Crippen molar-refractivity contribution in [1.82, 2.24) is 4.90 Å². The highest BCUT2D eigenvalue weighted by molar-refractivity contribution is 6.42. The fourth-order valence-electron chi connectivity index (χ4n) is 3.25. The number of halogens is 2. The van der Waals surface area contributed by atoms with E-state index in [1.807, 2.05) is 0 Å². The van der Waals surface area contributed by atoms with Crippen LogP contribution < -0.4 is 9.64 Å². The van der Waals surface area contributed by atoms with Crippen molar-refractivity contribution in [3.8, 4) is 5.75 Å². The van der Waals surface area contributed by atoms with Gasteiger partial charge in [-0.1, -0.05) is 35.3 Å². The smallest absolute Gasteiger partial charge is 0.311 e. The Morgan fingerprint density at radius 1 is 1.16 bits per heavy atom. The Balaban J connectivity index is 1.52. The maximum Gasteiger partial charge on any atom is 0.311 e. The number of nitrogens with zero attached hydrogens (tertiary/aromatic N) is 2. The maximum absolute atomic E-state index is 12.4. The van der Waals surface area contributed by atoms with Crippen molar-refractivity contribution in [3.05, 3.63) is 58.1 Å². The van der Waals surface area contributed by atoms with Crippen molar-refractivity contribution in [2.45, 2.75) is 13.0 Å². The average Bonchev–Trinajstić information content (AvgIpc) is 3.16. The van der Waals surface area contributed by atoms with Crippen molar-refractivity contribution >= 4 is 46.7 Å². The van der Waals surface area contributed by atoms with E-state index in [9.17, 15) is 14.4 Å². The molecule has 7 nitrogen and oxygen atoms in total. The molecule has 3 rings (SSSR count). The van der Waals surface area contributed by atoms with Crippen LogP contribution in [-0.2, 0) is 25.7 Å². The van der Waals surface area contributed by atoms with Gasteiger partial charge in [-0.2, -0.15) is 0 Å². The third kappa shape index (κ3) is 5.68. The fraction of sp³-hybridized carbons (Fsp3) is 0.318. The van der Waals surface area contributed by atoms with Crippen molar-refractivity contribution in [3.63, 3.8) is 0 Å². The third-order valence-corrected chi connectivity index (χ3v) is 5.73. The SMILES string of the molecule is COc1cccc(N2CC(C(=O)OCC(=O)N(C)Cc3ccc(Cl)c(Cl)c3)CC2=O)c1. The summed E-state index contributed by atoms with van der Waals surface area (Å²) in [5.41, 5.74) is 1.45. The van der Waals surface area contributed by atoms with Gasteiger partial charge in [0.2, 0.25) is 5.91 Å². The number of hydrogen-bond acceptors (Lipinski definition) is 5. The van der Waals surface area contributed by atoms with E-state index in [0.29, 0.717) is 28.0 Å². The molecule has 164 valence electrons. The molecule has 0 N–H and O–H groups in total. The van der Waals surface area contributed by atoms with Crippen LogP contribution in [0.3, 0.4) is 0 Å². The Morgan fingerprint density at radius 2 is 1.94 bits per heavy atom. The monoisotopic (exact) mass is 464 g/mol. The van der Waals surface area contributed by atoms with Crippen LogP contribution in [0.4, 0.5) is 5.69 Å². The summed E-state index contributed by atoms with van der Waals surface area (Å²) in [5.74, 6) is -1.14. The van der Waals surface area contributed by atoms with Crippen LogP contribution in [-0.4, -0.2) is 50.0 Å². The lowest BCUT2D eigenvalue weighted by Crippen LogP contribution is -2.32. The van der Waals surface area contributed by atoms with Crippen molar-refractivity contribution in [2.24, 2.45) is 5.92 Å². The van der Waals surface area contributed by atoms with Crippen molar-refractivity contribution in [2.75, 3.05) is 32.2 Å². The molecule has 2 amide bonds. The molecule has 0 bridgehead atoms. The van der Waals surface area contributed by atoms with Gasteiger partial charge in [0.1, 0.15) is 5.75 Å². The van der Waals surface area contributed by atoms with Crippen molar-refractivity contribution in [1.29, 1.82) is 0 Å². The Morgan fingerprint density at radius 3 is 2.65 bits per heavy atom. The number of ether oxygens (including phenoxy) is 2. The third-order valence-electron chi connectivity index (χ3n) is 4.99. The van der Waals surface area contributed by atoms with Gasteiger partial charge in [-0.3, -0.25) is 14.4 Å². The molecule has 0 aromatic heterocycles. The predicted molar refractivity (Wildman–Crippen MR) is 117 cm³/mol. The van der Waals surface area contributed by atoms with E-state index in [4.69, 9.17) is 32.7 Å². The summed E-state index contributed by atoms with van der Waals surface area (Å²) in [5, 5.41) is 0.834. The molecule has 0 saturated carbocycles. The van der Waals surface area contributed by atoms with Gasteiger partial charge in [0.15, 0.2) is 6.61 Å². The second kappa shape index (κ2) is 10.0. The second-order valence-electron chi connectivity index (χ2n) is 7.21. The molecule has 1 unspecified atom stereocenters. The summed E-state index contributed by atoms with van der Waals surface area (Å²) in [4.78, 5) is 40.1. The molecule has 1 aliphatic heterocycles. The quantitative estimate of drug-likeness (QED) is 0.585. The van der Waals surface area contributed by atoms with Crippen LogP contribution in [0.25, 0.3) is 0 Å². The largest absolute Gasteiger partial charge is 0.497 e. The molecule has 1 heterocycles. The number of methoxy groups -OCH3 is 1. The van der Waals surface area contributed by atoms with Gasteiger partial charge in [0, 0.05) is 38.3 Å². The van der Waals surface area contributed by atoms with Gasteiger partial charge in [-0.15, -0.1) is 0 Å². The average molecular weight is 465 g/mol. The zero-order chi connectivity index (χ0) is 22.5. The number of rotatable bonds is 7. The van der Waals surface area contributed by atoms with Gasteiger partial charge in [0.05, 0.1) is 23.1 Å². The first kappa shape index (κ1) is 22.9. The summed E-state index contributed by atoms with van der Waals surface area (Å²) in [7, 11) is 3.14. The Kier molecular flexibility index (Phi) is 7.41. The van der Waals surface area contributed by atoms with E-state index < -0.39 is 18.5 Å². The number of hydrogen-bond donors (Lipinski definition) is 0. The maximum atomic E-state index is 12.4. The Labute approximate surface area is 190 Å². The normalized spacial score (nSPS) is 15.7. The molecule has 9 heteroatoms. The lowest BCUT2D eigenvalue weighted by atomic mass is 10.1. The van der Waals surface area contributed by atoms with Gasteiger partial charge in [0.25, 0.3) is 5.91 Å². The molecule has 1 atom stereocenters. The number of anilines is 1. The van der Waals surface area contributed by atoms with Gasteiger partial charge in [-0.25, -0.2) is 0 Å². The van der Waals surface area contributed by atoms with Crippen molar-refractivity contribution < 1.29 is 23.9 Å². The predicted octanol–water partition coefficient (Wildman–Crippen LogP) is 3.56. The van der Waals surface area contributed by atoms with Crippen LogP contribution in [0.5, 0.6) is 5.75 Å². The van der Waals surface area contributed by atoms with Crippen LogP contribution >= 0.6 is 23.2 Å². The zero-order valence-electron chi connectivity index (χ0n) is 17.1. The number of carbonyl (C=O) groups is 3. The summed E-state index contributed by atoms with van der Waals surface area (Å²) < 4.78 is 10.4. The molecule has 2 aromatic carbocycles. The number of esters is 1. The van der Waals surface area contributed by atoms with E-state index >= 15 is 0 Å². The molecule has 31 heavy (non-hydrogen) atoms. The topological polar surface area (TPSA) is 76.2 Å².